The molecule has 1 aromatic rings. The van der Waals surface area contributed by atoms with Crippen LogP contribution in [-0.2, 0) is 16.5 Å². The van der Waals surface area contributed by atoms with E-state index in [-0.39, 0.29) is 11.2 Å². The van der Waals surface area contributed by atoms with Crippen molar-refractivity contribution in [3.05, 3.63) is 29.3 Å². The van der Waals surface area contributed by atoms with Crippen molar-refractivity contribution in [2.45, 2.75) is 32.7 Å². The van der Waals surface area contributed by atoms with Gasteiger partial charge in [-0.1, -0.05) is 32.9 Å². The van der Waals surface area contributed by atoms with Gasteiger partial charge in [0, 0.05) is 12.1 Å². The summed E-state index contributed by atoms with van der Waals surface area (Å²) in [4.78, 5) is 17.7. The van der Waals surface area contributed by atoms with Gasteiger partial charge in [-0.25, -0.2) is 4.57 Å². The van der Waals surface area contributed by atoms with Crippen molar-refractivity contribution in [2.75, 3.05) is 0 Å². The smallest absolute Gasteiger partial charge is 0.404 e. The zero-order chi connectivity index (χ0) is 13.3. The molecule has 0 aliphatic heterocycles. The second-order valence-electron chi connectivity index (χ2n) is 4.87. The van der Waals surface area contributed by atoms with Crippen LogP contribution in [0.1, 0.15) is 31.9 Å². The summed E-state index contributed by atoms with van der Waals surface area (Å²) in [5.74, 6) is 0.197. The molecule has 1 rings (SSSR count). The van der Waals surface area contributed by atoms with Gasteiger partial charge < -0.3 is 10.3 Å². The molecule has 0 amide bonds. The first-order valence-corrected chi connectivity index (χ1v) is 6.75. The monoisotopic (exact) mass is 259 g/mol. The first-order valence-electron chi connectivity index (χ1n) is 5.22. The average molecular weight is 259 g/mol. The summed E-state index contributed by atoms with van der Waals surface area (Å²) in [6, 6.07) is 5.05. The summed E-state index contributed by atoms with van der Waals surface area (Å²) >= 11 is 0. The van der Waals surface area contributed by atoms with Crippen LogP contribution in [0.25, 0.3) is 0 Å². The van der Waals surface area contributed by atoms with Gasteiger partial charge in [-0.15, -0.1) is 0 Å². The number of hydrogen-bond donors (Lipinski definition) is 3. The lowest BCUT2D eigenvalue weighted by Gasteiger charge is -2.23. The van der Waals surface area contributed by atoms with E-state index < -0.39 is 7.82 Å². The van der Waals surface area contributed by atoms with Gasteiger partial charge in [0.25, 0.3) is 0 Å². The largest absolute Gasteiger partial charge is 0.524 e. The van der Waals surface area contributed by atoms with Gasteiger partial charge in [0.05, 0.1) is 0 Å². The molecule has 0 saturated heterocycles. The van der Waals surface area contributed by atoms with E-state index in [1.165, 1.54) is 0 Å². The molecule has 0 fully saturated rings. The molecule has 0 heterocycles. The zero-order valence-electron chi connectivity index (χ0n) is 10.2. The summed E-state index contributed by atoms with van der Waals surface area (Å²) in [7, 11) is -4.54. The van der Waals surface area contributed by atoms with E-state index in [0.717, 1.165) is 11.1 Å². The highest BCUT2D eigenvalue weighted by Gasteiger charge is 2.24. The van der Waals surface area contributed by atoms with Crippen molar-refractivity contribution in [1.29, 1.82) is 0 Å². The minimum absolute atomic E-state index is 0.197. The highest BCUT2D eigenvalue weighted by atomic mass is 31.2. The SMILES string of the molecule is CC(C)(C)c1cc(CN)ccc1OP(=O)(O)O. The quantitative estimate of drug-likeness (QED) is 0.721. The van der Waals surface area contributed by atoms with Crippen LogP contribution in [0, 0.1) is 0 Å². The zero-order valence-corrected chi connectivity index (χ0v) is 11.1. The minimum atomic E-state index is -4.54. The van der Waals surface area contributed by atoms with E-state index in [4.69, 9.17) is 15.5 Å². The molecule has 0 radical (unpaired) electrons. The van der Waals surface area contributed by atoms with E-state index in [2.05, 4.69) is 4.52 Å². The molecule has 4 N–H and O–H groups in total. The topological polar surface area (TPSA) is 92.8 Å². The lowest BCUT2D eigenvalue weighted by Crippen LogP contribution is -2.14. The van der Waals surface area contributed by atoms with Crippen molar-refractivity contribution >= 4 is 7.82 Å². The lowest BCUT2D eigenvalue weighted by molar-refractivity contribution is 0.281. The molecule has 0 unspecified atom stereocenters. The second kappa shape index (κ2) is 4.78. The number of phosphoric ester groups is 1. The summed E-state index contributed by atoms with van der Waals surface area (Å²) in [5.41, 5.74) is 6.88. The molecule has 0 aromatic heterocycles. The molecule has 0 saturated carbocycles. The van der Waals surface area contributed by atoms with Crippen molar-refractivity contribution in [1.82, 2.24) is 0 Å². The van der Waals surface area contributed by atoms with Crippen molar-refractivity contribution in [2.24, 2.45) is 5.73 Å². The third-order valence-electron chi connectivity index (χ3n) is 2.30. The molecular formula is C11H18NO4P. The molecular weight excluding hydrogens is 241 g/mol. The number of rotatable bonds is 3. The van der Waals surface area contributed by atoms with E-state index in [1.807, 2.05) is 26.8 Å². The Morgan fingerprint density at radius 2 is 1.94 bits per heavy atom. The van der Waals surface area contributed by atoms with Crippen molar-refractivity contribution < 1.29 is 18.9 Å². The maximum absolute atomic E-state index is 10.9. The van der Waals surface area contributed by atoms with E-state index in [1.54, 1.807) is 12.1 Å². The van der Waals surface area contributed by atoms with Gasteiger partial charge >= 0.3 is 7.82 Å². The average Bonchev–Trinajstić information content (AvgIpc) is 2.14. The molecule has 17 heavy (non-hydrogen) atoms. The van der Waals surface area contributed by atoms with Crippen molar-refractivity contribution in [3.8, 4) is 5.75 Å². The first-order chi connectivity index (χ1) is 7.63. The van der Waals surface area contributed by atoms with Crippen LogP contribution in [0.2, 0.25) is 0 Å². The predicted octanol–water partition coefficient (Wildman–Crippen LogP) is 1.91. The fourth-order valence-corrected chi connectivity index (χ4v) is 1.91. The van der Waals surface area contributed by atoms with Crippen molar-refractivity contribution in [3.63, 3.8) is 0 Å². The highest BCUT2D eigenvalue weighted by Crippen LogP contribution is 2.42. The minimum Gasteiger partial charge on any atom is -0.404 e. The third-order valence-corrected chi connectivity index (χ3v) is 2.74. The van der Waals surface area contributed by atoms with E-state index in [9.17, 15) is 4.57 Å². The van der Waals surface area contributed by atoms with E-state index >= 15 is 0 Å². The second-order valence-corrected chi connectivity index (χ2v) is 6.03. The summed E-state index contributed by atoms with van der Waals surface area (Å²) in [6.07, 6.45) is 0. The normalized spacial score (nSPS) is 12.6. The van der Waals surface area contributed by atoms with Gasteiger partial charge in [0.15, 0.2) is 0 Å². The van der Waals surface area contributed by atoms with Gasteiger partial charge in [-0.05, 0) is 17.0 Å². The maximum Gasteiger partial charge on any atom is 0.524 e. The Hall–Kier alpha value is -0.870. The molecule has 0 bridgehead atoms. The van der Waals surface area contributed by atoms with Gasteiger partial charge in [-0.3, -0.25) is 9.79 Å². The van der Waals surface area contributed by atoms with Crippen LogP contribution in [0.3, 0.4) is 0 Å². The van der Waals surface area contributed by atoms with Gasteiger partial charge in [-0.2, -0.15) is 0 Å². The third kappa shape index (κ3) is 4.13. The molecule has 0 aliphatic rings. The Balaban J connectivity index is 3.26. The molecule has 96 valence electrons. The molecule has 0 aliphatic carbocycles. The van der Waals surface area contributed by atoms with Crippen LogP contribution < -0.4 is 10.3 Å². The highest BCUT2D eigenvalue weighted by molar-refractivity contribution is 7.46. The summed E-state index contributed by atoms with van der Waals surface area (Å²) in [5, 5.41) is 0. The fraction of sp³-hybridized carbons (Fsp3) is 0.455. The van der Waals surface area contributed by atoms with Crippen LogP contribution in [-0.4, -0.2) is 9.79 Å². The van der Waals surface area contributed by atoms with Crippen LogP contribution in [0.5, 0.6) is 5.75 Å². The summed E-state index contributed by atoms with van der Waals surface area (Å²) in [6.45, 7) is 6.19. The Kier molecular flexibility index (Phi) is 3.99. The number of hydrogen-bond acceptors (Lipinski definition) is 3. The van der Waals surface area contributed by atoms with Gasteiger partial charge in [0.1, 0.15) is 5.75 Å². The standard InChI is InChI=1S/C11H18NO4P/c1-11(2,3)9-6-8(7-12)4-5-10(9)16-17(13,14)15/h4-6H,7,12H2,1-3H3,(H2,13,14,15). The Labute approximate surface area is 101 Å². The molecule has 0 spiro atoms. The number of benzene rings is 1. The van der Waals surface area contributed by atoms with Gasteiger partial charge in [0.2, 0.25) is 0 Å². The fourth-order valence-electron chi connectivity index (χ4n) is 1.50. The number of phosphoric acid groups is 1. The Morgan fingerprint density at radius 3 is 2.35 bits per heavy atom. The predicted molar refractivity (Wildman–Crippen MR) is 65.7 cm³/mol. The Bertz CT molecular complexity index is 447. The summed E-state index contributed by atoms with van der Waals surface area (Å²) < 4.78 is 15.6. The van der Waals surface area contributed by atoms with Crippen LogP contribution in [0.15, 0.2) is 18.2 Å². The van der Waals surface area contributed by atoms with Crippen LogP contribution in [0.4, 0.5) is 0 Å². The lowest BCUT2D eigenvalue weighted by atomic mass is 9.85. The maximum atomic E-state index is 10.9. The molecule has 0 atom stereocenters. The van der Waals surface area contributed by atoms with Crippen LogP contribution >= 0.6 is 7.82 Å². The molecule has 1 aromatic carbocycles. The van der Waals surface area contributed by atoms with E-state index in [0.29, 0.717) is 6.54 Å². The molecule has 5 nitrogen and oxygen atoms in total. The first kappa shape index (κ1) is 14.2. The molecule has 6 heteroatoms. The number of nitrogens with two attached hydrogens (primary N) is 1. The Morgan fingerprint density at radius 1 is 1.35 bits per heavy atom.